The summed E-state index contributed by atoms with van der Waals surface area (Å²) in [4.78, 5) is 15.0. The fourth-order valence-electron chi connectivity index (χ4n) is 4.64. The van der Waals surface area contributed by atoms with Gasteiger partial charge in [0, 0.05) is 18.7 Å². The maximum atomic E-state index is 13.2. The van der Waals surface area contributed by atoms with E-state index in [9.17, 15) is 13.2 Å². The van der Waals surface area contributed by atoms with Crippen LogP contribution in [0, 0.1) is 18.3 Å². The van der Waals surface area contributed by atoms with Crippen molar-refractivity contribution in [1.82, 2.24) is 10.2 Å². The van der Waals surface area contributed by atoms with Crippen molar-refractivity contribution in [2.75, 3.05) is 30.9 Å². The zero-order valence-corrected chi connectivity index (χ0v) is 19.7. The highest BCUT2D eigenvalue weighted by Gasteiger charge is 2.28. The zero-order valence-electron chi connectivity index (χ0n) is 18.9. The van der Waals surface area contributed by atoms with Crippen LogP contribution in [0.25, 0.3) is 0 Å². The number of piperidine rings is 2. The zero-order chi connectivity index (χ0) is 23.4. The highest BCUT2D eigenvalue weighted by molar-refractivity contribution is 7.93. The Bertz CT molecular complexity index is 1140. The molecule has 1 amide bonds. The molecule has 2 aliphatic rings. The lowest BCUT2D eigenvalue weighted by Gasteiger charge is -2.32. The highest BCUT2D eigenvalue weighted by Crippen LogP contribution is 2.29. The van der Waals surface area contributed by atoms with Gasteiger partial charge in [-0.3, -0.25) is 9.52 Å². The van der Waals surface area contributed by atoms with E-state index in [1.807, 2.05) is 36.1 Å². The number of carbonyl (C=O) groups excluding carboxylic acids is 1. The first-order valence-electron chi connectivity index (χ1n) is 11.5. The monoisotopic (exact) mass is 466 g/mol. The summed E-state index contributed by atoms with van der Waals surface area (Å²) >= 11 is 0. The van der Waals surface area contributed by atoms with E-state index < -0.39 is 15.3 Å². The van der Waals surface area contributed by atoms with Crippen LogP contribution >= 0.6 is 0 Å². The summed E-state index contributed by atoms with van der Waals surface area (Å²) in [6.07, 6.45) is 2.89. The first kappa shape index (κ1) is 23.3. The van der Waals surface area contributed by atoms with Gasteiger partial charge in [0.2, 0.25) is 10.0 Å². The molecule has 4 rings (SSSR count). The SMILES string of the molecule is Cc1ccc(C(=O)N2CCC(c3ccc(C#N)cc3)CC2)cc1NS(=O)(=O)C1CCNCC1. The van der Waals surface area contributed by atoms with E-state index in [1.54, 1.807) is 18.2 Å². The molecule has 0 atom stereocenters. The summed E-state index contributed by atoms with van der Waals surface area (Å²) < 4.78 is 28.4. The van der Waals surface area contributed by atoms with Crippen LogP contribution in [-0.4, -0.2) is 50.7 Å². The molecule has 2 aromatic carbocycles. The van der Waals surface area contributed by atoms with Crippen LogP contribution in [0.1, 0.15) is 58.6 Å². The summed E-state index contributed by atoms with van der Waals surface area (Å²) in [5, 5.41) is 11.7. The first-order chi connectivity index (χ1) is 15.9. The van der Waals surface area contributed by atoms with Crippen LogP contribution < -0.4 is 10.0 Å². The second-order valence-corrected chi connectivity index (χ2v) is 10.9. The van der Waals surface area contributed by atoms with Gasteiger partial charge in [-0.05, 0) is 87.0 Å². The first-order valence-corrected chi connectivity index (χ1v) is 13.0. The van der Waals surface area contributed by atoms with Crippen molar-refractivity contribution in [3.63, 3.8) is 0 Å². The number of carbonyl (C=O) groups is 1. The number of likely N-dealkylation sites (tertiary alicyclic amines) is 1. The number of hydrogen-bond donors (Lipinski definition) is 2. The maximum Gasteiger partial charge on any atom is 0.253 e. The van der Waals surface area contributed by atoms with Gasteiger partial charge in [-0.15, -0.1) is 0 Å². The summed E-state index contributed by atoms with van der Waals surface area (Å²) in [6.45, 7) is 4.53. The van der Waals surface area contributed by atoms with Crippen molar-refractivity contribution in [3.05, 3.63) is 64.7 Å². The standard InChI is InChI=1S/C25H30N4O3S/c1-18-2-5-22(16-24(18)28-33(31,32)23-8-12-27-13-9-23)25(30)29-14-10-21(11-15-29)20-6-3-19(17-26)4-7-20/h2-7,16,21,23,27-28H,8-15H2,1H3. The van der Waals surface area contributed by atoms with Gasteiger partial charge in [0.1, 0.15) is 0 Å². The lowest BCUT2D eigenvalue weighted by atomic mass is 9.89. The van der Waals surface area contributed by atoms with Crippen molar-refractivity contribution >= 4 is 21.6 Å². The average molecular weight is 467 g/mol. The lowest BCUT2D eigenvalue weighted by Crippen LogP contribution is -2.39. The third-order valence-electron chi connectivity index (χ3n) is 6.76. The molecule has 7 nitrogen and oxygen atoms in total. The number of anilines is 1. The van der Waals surface area contributed by atoms with E-state index in [0.29, 0.717) is 61.8 Å². The Hall–Kier alpha value is -2.89. The third kappa shape index (κ3) is 5.37. The fourth-order valence-corrected chi connectivity index (χ4v) is 6.19. The van der Waals surface area contributed by atoms with Gasteiger partial charge < -0.3 is 10.2 Å². The van der Waals surface area contributed by atoms with E-state index in [4.69, 9.17) is 5.26 Å². The molecule has 2 saturated heterocycles. The predicted molar refractivity (Wildman–Crippen MR) is 129 cm³/mol. The van der Waals surface area contributed by atoms with E-state index >= 15 is 0 Å². The molecule has 0 unspecified atom stereocenters. The van der Waals surface area contributed by atoms with Gasteiger partial charge in [0.15, 0.2) is 0 Å². The molecule has 0 bridgehead atoms. The number of nitriles is 1. The number of rotatable bonds is 5. The van der Waals surface area contributed by atoms with E-state index in [0.717, 1.165) is 18.4 Å². The molecule has 0 aliphatic carbocycles. The molecule has 33 heavy (non-hydrogen) atoms. The Morgan fingerprint density at radius 1 is 1.06 bits per heavy atom. The van der Waals surface area contributed by atoms with E-state index in [2.05, 4.69) is 16.1 Å². The molecule has 0 radical (unpaired) electrons. The molecule has 0 spiro atoms. The predicted octanol–water partition coefficient (Wildman–Crippen LogP) is 3.38. The highest BCUT2D eigenvalue weighted by atomic mass is 32.2. The Labute approximate surface area is 195 Å². The molecular weight excluding hydrogens is 436 g/mol. The number of hydrogen-bond acceptors (Lipinski definition) is 5. The summed E-state index contributed by atoms with van der Waals surface area (Å²) in [5.74, 6) is 0.294. The second-order valence-electron chi connectivity index (χ2n) is 8.93. The van der Waals surface area contributed by atoms with Crippen LogP contribution in [0.15, 0.2) is 42.5 Å². The van der Waals surface area contributed by atoms with Gasteiger partial charge in [0.05, 0.1) is 22.6 Å². The van der Waals surface area contributed by atoms with Crippen molar-refractivity contribution in [2.24, 2.45) is 0 Å². The van der Waals surface area contributed by atoms with Crippen molar-refractivity contribution in [1.29, 1.82) is 5.26 Å². The quantitative estimate of drug-likeness (QED) is 0.703. The average Bonchev–Trinajstić information content (AvgIpc) is 2.85. The number of aryl methyl sites for hydroxylation is 1. The topological polar surface area (TPSA) is 102 Å². The number of sulfonamides is 1. The number of amides is 1. The number of nitrogens with zero attached hydrogens (tertiary/aromatic N) is 2. The Morgan fingerprint density at radius 3 is 2.36 bits per heavy atom. The normalized spacial score (nSPS) is 18.0. The molecule has 0 saturated carbocycles. The minimum absolute atomic E-state index is 0.0735. The number of nitrogens with one attached hydrogen (secondary N) is 2. The van der Waals surface area contributed by atoms with Crippen LogP contribution in [0.4, 0.5) is 5.69 Å². The Kier molecular flexibility index (Phi) is 7.01. The van der Waals surface area contributed by atoms with Crippen molar-refractivity contribution < 1.29 is 13.2 Å². The van der Waals surface area contributed by atoms with E-state index in [1.165, 1.54) is 5.56 Å². The third-order valence-corrected chi connectivity index (χ3v) is 8.61. The van der Waals surface area contributed by atoms with Crippen LogP contribution in [0.5, 0.6) is 0 Å². The minimum Gasteiger partial charge on any atom is -0.339 e. The van der Waals surface area contributed by atoms with Crippen molar-refractivity contribution in [3.8, 4) is 6.07 Å². The van der Waals surface area contributed by atoms with Gasteiger partial charge in [0.25, 0.3) is 5.91 Å². The molecule has 174 valence electrons. The molecule has 8 heteroatoms. The molecule has 2 fully saturated rings. The smallest absolute Gasteiger partial charge is 0.253 e. The van der Waals surface area contributed by atoms with Crippen molar-refractivity contribution in [2.45, 2.75) is 43.8 Å². The molecule has 2 heterocycles. The second kappa shape index (κ2) is 9.94. The summed E-state index contributed by atoms with van der Waals surface area (Å²) in [7, 11) is -3.50. The largest absolute Gasteiger partial charge is 0.339 e. The molecule has 0 aromatic heterocycles. The molecular formula is C25H30N4O3S. The molecule has 2 aliphatic heterocycles. The Morgan fingerprint density at radius 2 is 1.73 bits per heavy atom. The van der Waals surface area contributed by atoms with E-state index in [-0.39, 0.29) is 5.91 Å². The summed E-state index contributed by atoms with van der Waals surface area (Å²) in [5.41, 5.74) is 3.62. The van der Waals surface area contributed by atoms with Gasteiger partial charge >= 0.3 is 0 Å². The molecule has 2 N–H and O–H groups in total. The van der Waals surface area contributed by atoms with Crippen LogP contribution in [0.2, 0.25) is 0 Å². The summed E-state index contributed by atoms with van der Waals surface area (Å²) in [6, 6.07) is 15.1. The van der Waals surface area contributed by atoms with Crippen LogP contribution in [0.3, 0.4) is 0 Å². The maximum absolute atomic E-state index is 13.2. The fraction of sp³-hybridized carbons (Fsp3) is 0.440. The minimum atomic E-state index is -3.50. The van der Waals surface area contributed by atoms with Gasteiger partial charge in [-0.25, -0.2) is 8.42 Å². The Balaban J connectivity index is 1.42. The lowest BCUT2D eigenvalue weighted by molar-refractivity contribution is 0.0713. The van der Waals surface area contributed by atoms with Gasteiger partial charge in [-0.2, -0.15) is 5.26 Å². The van der Waals surface area contributed by atoms with Crippen LogP contribution in [-0.2, 0) is 10.0 Å². The number of benzene rings is 2. The molecule has 2 aromatic rings. The van der Waals surface area contributed by atoms with Gasteiger partial charge in [-0.1, -0.05) is 18.2 Å².